The molecule has 0 radical (unpaired) electrons. The molecule has 1 N–H and O–H groups in total. The highest BCUT2D eigenvalue weighted by Gasteiger charge is 2.02. The van der Waals surface area contributed by atoms with Crippen LogP contribution < -0.4 is 5.32 Å². The van der Waals surface area contributed by atoms with Crippen molar-refractivity contribution in [1.82, 2.24) is 5.32 Å². The molecule has 0 aromatic heterocycles. The van der Waals surface area contributed by atoms with Crippen molar-refractivity contribution in [1.29, 1.82) is 0 Å². The van der Waals surface area contributed by atoms with Gasteiger partial charge in [0.05, 0.1) is 0 Å². The predicted molar refractivity (Wildman–Crippen MR) is 77.3 cm³/mol. The average Bonchev–Trinajstić information content (AvgIpc) is 2.32. The Labute approximate surface area is 118 Å². The van der Waals surface area contributed by atoms with E-state index in [2.05, 4.69) is 12.2 Å². The highest BCUT2D eigenvalue weighted by atomic mass is 35.5. The minimum absolute atomic E-state index is 0.591. The molecule has 0 saturated carbocycles. The molecule has 0 spiro atoms. The molecule has 0 aliphatic heterocycles. The van der Waals surface area contributed by atoms with Crippen molar-refractivity contribution < 1.29 is 0 Å². The second-order valence-corrected chi connectivity index (χ2v) is 5.47. The molecule has 0 fully saturated rings. The van der Waals surface area contributed by atoms with Gasteiger partial charge in [0.1, 0.15) is 0 Å². The normalized spacial score (nSPS) is 12.7. The third-order valence-electron chi connectivity index (χ3n) is 2.64. The number of hydrogen-bond acceptors (Lipinski definition) is 1. The summed E-state index contributed by atoms with van der Waals surface area (Å²) in [6.45, 7) is 3.90. The van der Waals surface area contributed by atoms with Gasteiger partial charge >= 0.3 is 0 Å². The van der Waals surface area contributed by atoms with Crippen molar-refractivity contribution in [2.45, 2.75) is 26.3 Å². The van der Waals surface area contributed by atoms with Crippen LogP contribution in [0.25, 0.3) is 0 Å². The first-order chi connectivity index (χ1) is 8.13. The first-order valence-corrected chi connectivity index (χ1v) is 7.13. The van der Waals surface area contributed by atoms with E-state index < -0.39 is 0 Å². The summed E-state index contributed by atoms with van der Waals surface area (Å²) in [7, 11) is 0. The largest absolute Gasteiger partial charge is 0.313 e. The van der Waals surface area contributed by atoms with Crippen LogP contribution in [0.2, 0.25) is 10.0 Å². The van der Waals surface area contributed by atoms with Gasteiger partial charge in [-0.05, 0) is 49.1 Å². The van der Waals surface area contributed by atoms with E-state index in [9.17, 15) is 0 Å². The fourth-order valence-corrected chi connectivity index (χ4v) is 2.09. The van der Waals surface area contributed by atoms with E-state index in [0.717, 1.165) is 47.4 Å². The average molecular weight is 295 g/mol. The Morgan fingerprint density at radius 3 is 2.76 bits per heavy atom. The summed E-state index contributed by atoms with van der Waals surface area (Å²) in [4.78, 5) is 0. The van der Waals surface area contributed by atoms with Gasteiger partial charge in [0.2, 0.25) is 0 Å². The summed E-state index contributed by atoms with van der Waals surface area (Å²) >= 11 is 17.7. The number of rotatable bonds is 7. The van der Waals surface area contributed by atoms with Gasteiger partial charge in [-0.1, -0.05) is 30.1 Å². The zero-order valence-electron chi connectivity index (χ0n) is 9.98. The highest BCUT2D eigenvalue weighted by Crippen LogP contribution is 2.20. The van der Waals surface area contributed by atoms with Crippen LogP contribution in [0.5, 0.6) is 0 Å². The Hall–Kier alpha value is 0.0500. The SMILES string of the molecule is CC(CCl)CCCNCc1cc(Cl)ccc1Cl. The predicted octanol–water partition coefficient (Wildman–Crippen LogP) is 4.74. The van der Waals surface area contributed by atoms with E-state index in [-0.39, 0.29) is 0 Å². The van der Waals surface area contributed by atoms with E-state index >= 15 is 0 Å². The summed E-state index contributed by atoms with van der Waals surface area (Å²) < 4.78 is 0. The van der Waals surface area contributed by atoms with Crippen LogP contribution in [0, 0.1) is 5.92 Å². The van der Waals surface area contributed by atoms with Crippen LogP contribution in [-0.2, 0) is 6.54 Å². The standard InChI is InChI=1S/C13H18Cl3N/c1-10(8-14)3-2-6-17-9-11-7-12(15)4-5-13(11)16/h4-5,7,10,17H,2-3,6,8-9H2,1H3. The molecule has 1 unspecified atom stereocenters. The zero-order valence-corrected chi connectivity index (χ0v) is 12.2. The lowest BCUT2D eigenvalue weighted by molar-refractivity contribution is 0.531. The second-order valence-electron chi connectivity index (χ2n) is 4.31. The Bertz CT molecular complexity index is 341. The Morgan fingerprint density at radius 2 is 2.06 bits per heavy atom. The molecular weight excluding hydrogens is 277 g/mol. The Morgan fingerprint density at radius 1 is 1.29 bits per heavy atom. The minimum Gasteiger partial charge on any atom is -0.313 e. The van der Waals surface area contributed by atoms with E-state index in [4.69, 9.17) is 34.8 Å². The van der Waals surface area contributed by atoms with Crippen LogP contribution in [0.3, 0.4) is 0 Å². The number of nitrogens with one attached hydrogen (secondary N) is 1. The van der Waals surface area contributed by atoms with Crippen molar-refractivity contribution in [3.63, 3.8) is 0 Å². The first kappa shape index (κ1) is 15.1. The maximum atomic E-state index is 6.07. The summed E-state index contributed by atoms with van der Waals surface area (Å²) in [5, 5.41) is 4.85. The smallest absolute Gasteiger partial charge is 0.0451 e. The molecule has 4 heteroatoms. The van der Waals surface area contributed by atoms with Crippen molar-refractivity contribution in [3.05, 3.63) is 33.8 Å². The minimum atomic E-state index is 0.591. The number of hydrogen-bond donors (Lipinski definition) is 1. The fourth-order valence-electron chi connectivity index (χ4n) is 1.55. The molecular formula is C13H18Cl3N. The molecule has 1 aromatic carbocycles. The second kappa shape index (κ2) is 8.20. The van der Waals surface area contributed by atoms with Gasteiger partial charge in [-0.2, -0.15) is 0 Å². The van der Waals surface area contributed by atoms with Crippen molar-refractivity contribution in [3.8, 4) is 0 Å². The topological polar surface area (TPSA) is 12.0 Å². The molecule has 0 bridgehead atoms. The fraction of sp³-hybridized carbons (Fsp3) is 0.538. The zero-order chi connectivity index (χ0) is 12.7. The number of halogens is 3. The van der Waals surface area contributed by atoms with E-state index in [1.54, 1.807) is 6.07 Å². The summed E-state index contributed by atoms with van der Waals surface area (Å²) in [6, 6.07) is 5.53. The summed E-state index contributed by atoms with van der Waals surface area (Å²) in [5.41, 5.74) is 1.05. The van der Waals surface area contributed by atoms with Gasteiger partial charge in [0.15, 0.2) is 0 Å². The molecule has 96 valence electrons. The third kappa shape index (κ3) is 5.96. The monoisotopic (exact) mass is 293 g/mol. The van der Waals surface area contributed by atoms with Gasteiger partial charge < -0.3 is 5.32 Å². The van der Waals surface area contributed by atoms with Crippen LogP contribution in [0.4, 0.5) is 0 Å². The quantitative estimate of drug-likeness (QED) is 0.566. The first-order valence-electron chi connectivity index (χ1n) is 5.84. The van der Waals surface area contributed by atoms with Crippen molar-refractivity contribution >= 4 is 34.8 Å². The lowest BCUT2D eigenvalue weighted by Crippen LogP contribution is -2.16. The van der Waals surface area contributed by atoms with Crippen molar-refractivity contribution in [2.24, 2.45) is 5.92 Å². The Kier molecular flexibility index (Phi) is 7.29. The van der Waals surface area contributed by atoms with Crippen LogP contribution in [0.1, 0.15) is 25.3 Å². The highest BCUT2D eigenvalue weighted by molar-refractivity contribution is 6.33. The van der Waals surface area contributed by atoms with Crippen LogP contribution in [0.15, 0.2) is 18.2 Å². The molecule has 1 rings (SSSR count). The third-order valence-corrected chi connectivity index (χ3v) is 3.77. The summed E-state index contributed by atoms with van der Waals surface area (Å²) in [6.07, 6.45) is 2.28. The van der Waals surface area contributed by atoms with E-state index in [1.807, 2.05) is 12.1 Å². The van der Waals surface area contributed by atoms with Gasteiger partial charge in [-0.25, -0.2) is 0 Å². The van der Waals surface area contributed by atoms with Gasteiger partial charge in [-0.15, -0.1) is 11.6 Å². The maximum Gasteiger partial charge on any atom is 0.0451 e. The van der Waals surface area contributed by atoms with Crippen LogP contribution in [-0.4, -0.2) is 12.4 Å². The molecule has 0 heterocycles. The van der Waals surface area contributed by atoms with Crippen LogP contribution >= 0.6 is 34.8 Å². The van der Waals surface area contributed by atoms with Gasteiger partial charge in [0.25, 0.3) is 0 Å². The lowest BCUT2D eigenvalue weighted by atomic mass is 10.1. The van der Waals surface area contributed by atoms with Crippen molar-refractivity contribution in [2.75, 3.05) is 12.4 Å². The molecule has 1 nitrogen and oxygen atoms in total. The van der Waals surface area contributed by atoms with Gasteiger partial charge in [0, 0.05) is 22.5 Å². The van der Waals surface area contributed by atoms with E-state index in [1.165, 1.54) is 0 Å². The lowest BCUT2D eigenvalue weighted by Gasteiger charge is -2.09. The molecule has 1 aromatic rings. The Balaban J connectivity index is 2.24. The molecule has 0 aliphatic rings. The number of alkyl halides is 1. The summed E-state index contributed by atoms with van der Waals surface area (Å²) in [5.74, 6) is 1.33. The molecule has 1 atom stereocenters. The maximum absolute atomic E-state index is 6.07. The van der Waals surface area contributed by atoms with E-state index in [0.29, 0.717) is 5.92 Å². The molecule has 0 aliphatic carbocycles. The number of benzene rings is 1. The van der Waals surface area contributed by atoms with Gasteiger partial charge in [-0.3, -0.25) is 0 Å². The molecule has 17 heavy (non-hydrogen) atoms. The molecule has 0 amide bonds. The molecule has 0 saturated heterocycles.